The van der Waals surface area contributed by atoms with Crippen molar-refractivity contribution in [1.82, 2.24) is 0 Å². The normalized spacial score (nSPS) is 13.3. The van der Waals surface area contributed by atoms with Crippen molar-refractivity contribution in [3.63, 3.8) is 0 Å². The molecule has 0 aromatic heterocycles. The lowest BCUT2D eigenvalue weighted by atomic mass is 10.2. The minimum Gasteiger partial charge on any atom is -0.377 e. The Morgan fingerprint density at radius 1 is 1.25 bits per heavy atom. The summed E-state index contributed by atoms with van der Waals surface area (Å²) in [4.78, 5) is 0. The van der Waals surface area contributed by atoms with Crippen molar-refractivity contribution in [3.8, 4) is 0 Å². The van der Waals surface area contributed by atoms with Gasteiger partial charge in [0.1, 0.15) is 5.76 Å². The summed E-state index contributed by atoms with van der Waals surface area (Å²) in [6, 6.07) is 1.81. The Kier molecular flexibility index (Phi) is 4.23. The molecule has 0 saturated heterocycles. The summed E-state index contributed by atoms with van der Waals surface area (Å²) < 4.78 is 87.4. The highest BCUT2D eigenvalue weighted by molar-refractivity contribution is 7.87. The number of allylic oxidation sites excluding steroid dienone is 1. The average Bonchev–Trinajstić information content (AvgIpc) is 2.27. The van der Waals surface area contributed by atoms with Crippen LogP contribution in [0.4, 0.5) is 22.0 Å². The van der Waals surface area contributed by atoms with Gasteiger partial charge in [-0.15, -0.1) is 0 Å². The summed E-state index contributed by atoms with van der Waals surface area (Å²) >= 11 is 0. The van der Waals surface area contributed by atoms with Crippen LogP contribution in [0.15, 0.2) is 24.5 Å². The van der Waals surface area contributed by atoms with Crippen LogP contribution in [0.25, 0.3) is 12.7 Å². The Morgan fingerprint density at radius 2 is 1.80 bits per heavy atom. The van der Waals surface area contributed by atoms with E-state index in [0.29, 0.717) is 6.08 Å². The number of hydrogen-bond donors (Lipinski definition) is 0. The summed E-state index contributed by atoms with van der Waals surface area (Å²) in [5.74, 6) is -3.72. The number of rotatable bonds is 3. The molecule has 0 aliphatic carbocycles. The van der Waals surface area contributed by atoms with Crippen LogP contribution < -0.4 is 10.4 Å². The third-order valence-electron chi connectivity index (χ3n) is 2.03. The molecule has 1 rings (SSSR count). The monoisotopic (exact) mass is 314 g/mol. The van der Waals surface area contributed by atoms with Gasteiger partial charge < -0.3 is 4.18 Å². The fourth-order valence-corrected chi connectivity index (χ4v) is 1.56. The molecule has 0 atom stereocenters. The summed E-state index contributed by atoms with van der Waals surface area (Å²) in [6.45, 7) is 6.20. The van der Waals surface area contributed by atoms with Crippen LogP contribution in [0.2, 0.25) is 0 Å². The van der Waals surface area contributed by atoms with Crippen LogP contribution in [0.5, 0.6) is 0 Å². The summed E-state index contributed by atoms with van der Waals surface area (Å²) in [5.41, 5.74) is -5.66. The molecule has 0 spiro atoms. The Balaban J connectivity index is 3.25. The maximum atomic E-state index is 13.4. The van der Waals surface area contributed by atoms with Gasteiger partial charge in [0.05, 0.1) is 0 Å². The second-order valence-corrected chi connectivity index (χ2v) is 5.07. The van der Waals surface area contributed by atoms with E-state index in [1.807, 2.05) is 0 Å². The van der Waals surface area contributed by atoms with Crippen molar-refractivity contribution >= 4 is 22.8 Å². The predicted molar refractivity (Wildman–Crippen MR) is 60.8 cm³/mol. The zero-order chi connectivity index (χ0) is 15.7. The minimum atomic E-state index is -5.92. The molecule has 0 N–H and O–H groups in total. The van der Waals surface area contributed by atoms with E-state index >= 15 is 0 Å². The Labute approximate surface area is 110 Å². The molecule has 20 heavy (non-hydrogen) atoms. The molecule has 3 nitrogen and oxygen atoms in total. The first-order chi connectivity index (χ1) is 8.95. The number of alkyl halides is 3. The van der Waals surface area contributed by atoms with E-state index in [2.05, 4.69) is 17.3 Å². The van der Waals surface area contributed by atoms with Crippen molar-refractivity contribution in [2.75, 3.05) is 0 Å². The fraction of sp³-hybridized carbons (Fsp3) is 0.0909. The number of hydrogen-bond acceptors (Lipinski definition) is 3. The molecule has 1 aromatic rings. The maximum absolute atomic E-state index is 13.4. The summed E-state index contributed by atoms with van der Waals surface area (Å²) in [5, 5.41) is -0.648. The molecule has 9 heteroatoms. The van der Waals surface area contributed by atoms with Crippen molar-refractivity contribution in [3.05, 3.63) is 46.5 Å². The lowest BCUT2D eigenvalue weighted by Crippen LogP contribution is -2.29. The van der Waals surface area contributed by atoms with E-state index in [1.165, 1.54) is 0 Å². The van der Waals surface area contributed by atoms with Gasteiger partial charge in [-0.1, -0.05) is 19.2 Å². The molecular weight excluding hydrogens is 307 g/mol. The van der Waals surface area contributed by atoms with Crippen LogP contribution in [0.3, 0.4) is 0 Å². The van der Waals surface area contributed by atoms with E-state index in [-0.39, 0.29) is 5.22 Å². The molecular formula is C11H7F5O3S. The van der Waals surface area contributed by atoms with E-state index in [0.717, 1.165) is 12.1 Å². The van der Waals surface area contributed by atoms with Gasteiger partial charge in [0.25, 0.3) is 0 Å². The van der Waals surface area contributed by atoms with Gasteiger partial charge in [0.2, 0.25) is 0 Å². The lowest BCUT2D eigenvalue weighted by molar-refractivity contribution is -0.0518. The number of halogens is 5. The Hall–Kier alpha value is -1.90. The highest BCUT2D eigenvalue weighted by atomic mass is 32.2. The highest BCUT2D eigenvalue weighted by Gasteiger charge is 2.48. The Morgan fingerprint density at radius 3 is 2.30 bits per heavy atom. The molecule has 0 bridgehead atoms. The van der Waals surface area contributed by atoms with E-state index in [4.69, 9.17) is 0 Å². The molecule has 0 heterocycles. The van der Waals surface area contributed by atoms with Crippen LogP contribution in [-0.4, -0.2) is 13.9 Å². The van der Waals surface area contributed by atoms with Crippen LogP contribution in [-0.2, 0) is 14.3 Å². The van der Waals surface area contributed by atoms with Crippen LogP contribution in [0, 0.1) is 11.6 Å². The smallest absolute Gasteiger partial charge is 0.377 e. The zero-order valence-electron chi connectivity index (χ0n) is 9.67. The molecule has 0 fully saturated rings. The third-order valence-corrected chi connectivity index (χ3v) is 3.03. The van der Waals surface area contributed by atoms with Gasteiger partial charge in [-0.2, -0.15) is 21.6 Å². The molecule has 0 aliphatic rings. The standard InChI is InChI=1S/C11H7F5O3S/c1-6-3-4-9(12)10(13)8(6)5-7(2)19-20(17,18)11(14,15)16/h3-5H,1-2H2/b8-5+. The van der Waals surface area contributed by atoms with Gasteiger partial charge >= 0.3 is 15.6 Å². The first kappa shape index (κ1) is 16.2. The molecule has 0 amide bonds. The third kappa shape index (κ3) is 3.35. The fourth-order valence-electron chi connectivity index (χ4n) is 1.14. The SMILES string of the molecule is C=C(/C=c1/c(F)c(F)ccc1=C)OS(=O)(=O)C(F)(F)F. The van der Waals surface area contributed by atoms with E-state index in [1.54, 1.807) is 0 Å². The van der Waals surface area contributed by atoms with Gasteiger partial charge in [-0.3, -0.25) is 0 Å². The van der Waals surface area contributed by atoms with Crippen LogP contribution in [0.1, 0.15) is 0 Å². The summed E-state index contributed by atoms with van der Waals surface area (Å²) in [6.07, 6.45) is 0.504. The molecule has 1 aromatic carbocycles. The van der Waals surface area contributed by atoms with E-state index in [9.17, 15) is 30.4 Å². The van der Waals surface area contributed by atoms with Gasteiger partial charge in [0.15, 0.2) is 11.6 Å². The quantitative estimate of drug-likeness (QED) is 0.368. The van der Waals surface area contributed by atoms with Crippen LogP contribution >= 0.6 is 0 Å². The minimum absolute atomic E-state index is 0.0851. The number of benzene rings is 1. The molecule has 0 unspecified atom stereocenters. The van der Waals surface area contributed by atoms with Crippen molar-refractivity contribution in [1.29, 1.82) is 0 Å². The second kappa shape index (κ2) is 5.23. The maximum Gasteiger partial charge on any atom is 0.534 e. The predicted octanol–water partition coefficient (Wildman–Crippen LogP) is 1.54. The van der Waals surface area contributed by atoms with Crippen molar-refractivity contribution < 1.29 is 34.6 Å². The largest absolute Gasteiger partial charge is 0.534 e. The van der Waals surface area contributed by atoms with Gasteiger partial charge in [-0.25, -0.2) is 8.78 Å². The first-order valence-corrected chi connectivity index (χ1v) is 6.21. The van der Waals surface area contributed by atoms with E-state index < -0.39 is 38.2 Å². The highest BCUT2D eigenvalue weighted by Crippen LogP contribution is 2.26. The van der Waals surface area contributed by atoms with Crippen molar-refractivity contribution in [2.45, 2.75) is 5.51 Å². The Bertz CT molecular complexity index is 749. The second-order valence-electron chi connectivity index (χ2n) is 3.53. The summed E-state index contributed by atoms with van der Waals surface area (Å²) in [7, 11) is -5.92. The molecule has 0 saturated carbocycles. The molecule has 0 aliphatic heterocycles. The lowest BCUT2D eigenvalue weighted by Gasteiger charge is -2.08. The topological polar surface area (TPSA) is 43.4 Å². The molecule has 110 valence electrons. The first-order valence-electron chi connectivity index (χ1n) is 4.80. The average molecular weight is 314 g/mol. The molecule has 0 radical (unpaired) electrons. The zero-order valence-corrected chi connectivity index (χ0v) is 10.5. The van der Waals surface area contributed by atoms with Gasteiger partial charge in [0, 0.05) is 5.22 Å². The van der Waals surface area contributed by atoms with Gasteiger partial charge in [-0.05, 0) is 17.4 Å². The van der Waals surface area contributed by atoms with Crippen molar-refractivity contribution in [2.24, 2.45) is 0 Å².